The minimum absolute atomic E-state index is 0.301. The zero-order valence-electron chi connectivity index (χ0n) is 17.5. The highest BCUT2D eigenvalue weighted by Gasteiger charge is 2.16. The molecule has 0 aliphatic heterocycles. The standard InChI is InChI=1S/C24H20ClF2N5/c1-15-13-32(14-29-15)23-10-8-17(12-21(23)27)30-24(28-2)31-22-6-4-3-5-19(22)18-9-7-16(26)11-20(18)25/h3-5,7-14H,6H2,1-2H3,(H,28,30)/b31-22+. The number of aliphatic imine (C=N–C) groups is 2. The van der Waals surface area contributed by atoms with E-state index in [1.807, 2.05) is 25.2 Å². The number of halogens is 3. The van der Waals surface area contributed by atoms with Crippen LogP contribution in [0.5, 0.6) is 0 Å². The summed E-state index contributed by atoms with van der Waals surface area (Å²) in [5, 5.41) is 3.35. The van der Waals surface area contributed by atoms with E-state index in [-0.39, 0.29) is 0 Å². The van der Waals surface area contributed by atoms with Crippen LogP contribution >= 0.6 is 11.6 Å². The molecule has 0 spiro atoms. The maximum absolute atomic E-state index is 14.7. The molecule has 1 aliphatic carbocycles. The third kappa shape index (κ3) is 4.68. The van der Waals surface area contributed by atoms with Crippen molar-refractivity contribution in [1.29, 1.82) is 0 Å². The molecule has 8 heteroatoms. The van der Waals surface area contributed by atoms with E-state index in [0.29, 0.717) is 40.1 Å². The van der Waals surface area contributed by atoms with E-state index < -0.39 is 11.6 Å². The number of nitrogens with one attached hydrogen (secondary N) is 1. The largest absolute Gasteiger partial charge is 0.324 e. The Kier molecular flexibility index (Phi) is 6.28. The van der Waals surface area contributed by atoms with Gasteiger partial charge >= 0.3 is 0 Å². The number of hydrogen-bond donors (Lipinski definition) is 1. The van der Waals surface area contributed by atoms with Crippen molar-refractivity contribution >= 4 is 34.5 Å². The first-order valence-corrected chi connectivity index (χ1v) is 10.3. The summed E-state index contributed by atoms with van der Waals surface area (Å²) in [6.07, 6.45) is 9.59. The summed E-state index contributed by atoms with van der Waals surface area (Å²) in [6, 6.07) is 9.04. The molecule has 4 rings (SSSR count). The average molecular weight is 452 g/mol. The maximum Gasteiger partial charge on any atom is 0.222 e. The van der Waals surface area contributed by atoms with Crippen LogP contribution in [0, 0.1) is 18.6 Å². The minimum atomic E-state index is -0.408. The van der Waals surface area contributed by atoms with E-state index in [1.165, 1.54) is 18.2 Å². The zero-order chi connectivity index (χ0) is 22.7. The molecular formula is C24H20ClF2N5. The van der Waals surface area contributed by atoms with E-state index in [4.69, 9.17) is 11.6 Å². The lowest BCUT2D eigenvalue weighted by Gasteiger charge is -2.15. The van der Waals surface area contributed by atoms with Crippen molar-refractivity contribution in [3.63, 3.8) is 0 Å². The maximum atomic E-state index is 14.7. The highest BCUT2D eigenvalue weighted by molar-refractivity contribution is 6.36. The lowest BCUT2D eigenvalue weighted by Crippen LogP contribution is -2.15. The fourth-order valence-corrected chi connectivity index (χ4v) is 3.62. The van der Waals surface area contributed by atoms with Crippen molar-refractivity contribution in [2.75, 3.05) is 12.4 Å². The first kappa shape index (κ1) is 21.6. The number of guanidine groups is 1. The van der Waals surface area contributed by atoms with Crippen molar-refractivity contribution in [2.45, 2.75) is 13.3 Å². The monoisotopic (exact) mass is 451 g/mol. The van der Waals surface area contributed by atoms with Gasteiger partial charge in [-0.25, -0.2) is 18.8 Å². The predicted molar refractivity (Wildman–Crippen MR) is 126 cm³/mol. The Balaban J connectivity index is 1.59. The van der Waals surface area contributed by atoms with Gasteiger partial charge in [0.25, 0.3) is 0 Å². The lowest BCUT2D eigenvalue weighted by atomic mass is 9.95. The molecule has 0 saturated heterocycles. The zero-order valence-corrected chi connectivity index (χ0v) is 18.2. The van der Waals surface area contributed by atoms with Gasteiger partial charge in [-0.3, -0.25) is 4.99 Å². The van der Waals surface area contributed by atoms with Gasteiger partial charge in [-0.05, 0) is 43.3 Å². The number of nitrogens with zero attached hydrogens (tertiary/aromatic N) is 4. The highest BCUT2D eigenvalue weighted by atomic mass is 35.5. The topological polar surface area (TPSA) is 54.6 Å². The van der Waals surface area contributed by atoms with Crippen LogP contribution in [0.2, 0.25) is 5.02 Å². The summed E-state index contributed by atoms with van der Waals surface area (Å²) in [4.78, 5) is 13.0. The average Bonchev–Trinajstić information content (AvgIpc) is 3.20. The van der Waals surface area contributed by atoms with Crippen LogP contribution in [0.15, 0.2) is 77.1 Å². The molecule has 0 radical (unpaired) electrons. The van der Waals surface area contributed by atoms with Gasteiger partial charge in [0.05, 0.1) is 28.4 Å². The van der Waals surface area contributed by atoms with E-state index >= 15 is 0 Å². The molecule has 32 heavy (non-hydrogen) atoms. The van der Waals surface area contributed by atoms with Gasteiger partial charge in [-0.1, -0.05) is 29.8 Å². The van der Waals surface area contributed by atoms with Crippen LogP contribution in [0.1, 0.15) is 17.7 Å². The molecule has 1 heterocycles. The summed E-state index contributed by atoms with van der Waals surface area (Å²) >= 11 is 6.26. The second-order valence-electron chi connectivity index (χ2n) is 7.16. The molecular weight excluding hydrogens is 432 g/mol. The number of benzene rings is 2. The smallest absolute Gasteiger partial charge is 0.222 e. The molecule has 0 atom stereocenters. The van der Waals surface area contributed by atoms with E-state index in [1.54, 1.807) is 42.3 Å². The SMILES string of the molecule is CN=C(/N=C1\CC=CC=C1c1ccc(F)cc1Cl)Nc1ccc(-n2cnc(C)c2)c(F)c1. The van der Waals surface area contributed by atoms with Crippen molar-refractivity contribution in [2.24, 2.45) is 9.98 Å². The van der Waals surface area contributed by atoms with Crippen molar-refractivity contribution in [3.8, 4) is 5.69 Å². The minimum Gasteiger partial charge on any atom is -0.324 e. The molecule has 2 aromatic carbocycles. The summed E-state index contributed by atoms with van der Waals surface area (Å²) in [5.74, 6) is -0.502. The summed E-state index contributed by atoms with van der Waals surface area (Å²) in [7, 11) is 1.60. The van der Waals surface area contributed by atoms with Gasteiger partial charge in [-0.2, -0.15) is 0 Å². The Morgan fingerprint density at radius 2 is 2.03 bits per heavy atom. The van der Waals surface area contributed by atoms with Crippen molar-refractivity contribution < 1.29 is 8.78 Å². The van der Waals surface area contributed by atoms with Gasteiger partial charge in [0.2, 0.25) is 5.96 Å². The van der Waals surface area contributed by atoms with Crippen molar-refractivity contribution in [1.82, 2.24) is 9.55 Å². The van der Waals surface area contributed by atoms with Crippen LogP contribution in [-0.2, 0) is 0 Å². The molecule has 1 aromatic heterocycles. The highest BCUT2D eigenvalue weighted by Crippen LogP contribution is 2.29. The van der Waals surface area contributed by atoms with E-state index in [0.717, 1.165) is 11.3 Å². The summed E-state index contributed by atoms with van der Waals surface area (Å²) in [5.41, 5.74) is 3.86. The van der Waals surface area contributed by atoms with Crippen LogP contribution < -0.4 is 5.32 Å². The Labute approximate surface area is 189 Å². The Bertz CT molecular complexity index is 1290. The third-order valence-electron chi connectivity index (χ3n) is 4.89. The summed E-state index contributed by atoms with van der Waals surface area (Å²) in [6.45, 7) is 1.84. The van der Waals surface area contributed by atoms with E-state index in [2.05, 4.69) is 20.3 Å². The number of aryl methyl sites for hydroxylation is 1. The molecule has 1 aliphatic rings. The second kappa shape index (κ2) is 9.28. The second-order valence-corrected chi connectivity index (χ2v) is 7.56. The molecule has 0 saturated carbocycles. The molecule has 162 valence electrons. The molecule has 0 fully saturated rings. The molecule has 5 nitrogen and oxygen atoms in total. The van der Waals surface area contributed by atoms with Gasteiger partial charge in [0.1, 0.15) is 11.6 Å². The first-order chi connectivity index (χ1) is 15.4. The normalized spacial score (nSPS) is 15.2. The quantitative estimate of drug-likeness (QED) is 0.392. The van der Waals surface area contributed by atoms with Crippen LogP contribution in [0.4, 0.5) is 14.5 Å². The van der Waals surface area contributed by atoms with Crippen LogP contribution in [-0.4, -0.2) is 28.3 Å². The fraction of sp³-hybridized carbons (Fsp3) is 0.125. The number of hydrogen-bond acceptors (Lipinski definition) is 2. The van der Waals surface area contributed by atoms with Gasteiger partial charge in [0.15, 0.2) is 0 Å². The molecule has 3 aromatic rings. The molecule has 0 amide bonds. The number of anilines is 1. The Morgan fingerprint density at radius 1 is 1.19 bits per heavy atom. The van der Waals surface area contributed by atoms with E-state index in [9.17, 15) is 8.78 Å². The molecule has 0 unspecified atom stereocenters. The summed E-state index contributed by atoms with van der Waals surface area (Å²) < 4.78 is 29.8. The Morgan fingerprint density at radius 3 is 2.72 bits per heavy atom. The van der Waals surface area contributed by atoms with Gasteiger partial charge < -0.3 is 9.88 Å². The van der Waals surface area contributed by atoms with Crippen molar-refractivity contribution in [3.05, 3.63) is 95.1 Å². The molecule has 0 bridgehead atoms. The number of aromatic nitrogens is 2. The van der Waals surface area contributed by atoms with Crippen LogP contribution in [0.3, 0.4) is 0 Å². The van der Waals surface area contributed by atoms with Gasteiger partial charge in [0, 0.05) is 36.5 Å². The van der Waals surface area contributed by atoms with Crippen LogP contribution in [0.25, 0.3) is 11.3 Å². The predicted octanol–water partition coefficient (Wildman–Crippen LogP) is 5.99. The molecule has 1 N–H and O–H groups in total. The number of allylic oxidation sites excluding steroid dienone is 4. The first-order valence-electron chi connectivity index (χ1n) is 9.89. The third-order valence-corrected chi connectivity index (χ3v) is 5.20. The Hall–Kier alpha value is -3.58. The number of imidazole rings is 1. The number of rotatable bonds is 3. The lowest BCUT2D eigenvalue weighted by molar-refractivity contribution is 0.618. The van der Waals surface area contributed by atoms with Gasteiger partial charge in [-0.15, -0.1) is 0 Å². The fourth-order valence-electron chi connectivity index (χ4n) is 3.35.